The monoisotopic (exact) mass is 357 g/mol. The molecule has 1 aromatic heterocycles. The molecule has 1 aliphatic heterocycles. The summed E-state index contributed by atoms with van der Waals surface area (Å²) in [5, 5.41) is 0.874. The molecule has 25 heavy (non-hydrogen) atoms. The Morgan fingerprint density at radius 3 is 2.76 bits per heavy atom. The van der Waals surface area contributed by atoms with Crippen LogP contribution in [0.1, 0.15) is 5.56 Å². The third-order valence-corrected chi connectivity index (χ3v) is 5.02. The molecule has 0 saturated heterocycles. The molecule has 1 aliphatic rings. The maximum absolute atomic E-state index is 5.41. The number of nitrogens with one attached hydrogen (secondary N) is 1. The standard InChI is InChI=1S/C18H19N3O3S/c1-21(2)15-6-12(22-3)5-4-11(15)9-25-18-19-13-7-16-17(24-10-23-16)8-14(13)20-18/h4-8H,9-10H2,1-3H3,(H,19,20). The number of H-pyrrole nitrogens is 1. The van der Waals surface area contributed by atoms with E-state index in [0.717, 1.165) is 44.9 Å². The summed E-state index contributed by atoms with van der Waals surface area (Å²) in [6.45, 7) is 0.272. The van der Waals surface area contributed by atoms with Gasteiger partial charge >= 0.3 is 0 Å². The normalized spacial score (nSPS) is 12.6. The van der Waals surface area contributed by atoms with Gasteiger partial charge in [0.2, 0.25) is 6.79 Å². The van der Waals surface area contributed by atoms with Crippen molar-refractivity contribution in [3.05, 3.63) is 35.9 Å². The van der Waals surface area contributed by atoms with Crippen molar-refractivity contribution in [3.63, 3.8) is 0 Å². The van der Waals surface area contributed by atoms with Crippen molar-refractivity contribution < 1.29 is 14.2 Å². The van der Waals surface area contributed by atoms with Gasteiger partial charge in [-0.25, -0.2) is 4.98 Å². The van der Waals surface area contributed by atoms with Crippen LogP contribution in [0.2, 0.25) is 0 Å². The number of thioether (sulfide) groups is 1. The smallest absolute Gasteiger partial charge is 0.231 e. The first kappa shape index (κ1) is 16.0. The minimum atomic E-state index is 0.272. The molecule has 0 aliphatic carbocycles. The lowest BCUT2D eigenvalue weighted by Crippen LogP contribution is -2.11. The maximum atomic E-state index is 5.41. The van der Waals surface area contributed by atoms with Gasteiger partial charge in [-0.3, -0.25) is 0 Å². The second-order valence-corrected chi connectivity index (χ2v) is 6.91. The van der Waals surface area contributed by atoms with Crippen LogP contribution in [0.4, 0.5) is 5.69 Å². The predicted molar refractivity (Wildman–Crippen MR) is 99.1 cm³/mol. The third-order valence-electron chi connectivity index (χ3n) is 4.09. The lowest BCUT2D eigenvalue weighted by atomic mass is 10.2. The molecule has 0 amide bonds. The number of imidazole rings is 1. The highest BCUT2D eigenvalue weighted by Crippen LogP contribution is 2.37. The summed E-state index contributed by atoms with van der Waals surface area (Å²) in [4.78, 5) is 10.1. The molecule has 1 N–H and O–H groups in total. The van der Waals surface area contributed by atoms with Gasteiger partial charge in [-0.15, -0.1) is 0 Å². The van der Waals surface area contributed by atoms with E-state index in [-0.39, 0.29) is 6.79 Å². The maximum Gasteiger partial charge on any atom is 0.231 e. The number of rotatable bonds is 5. The van der Waals surface area contributed by atoms with E-state index in [1.165, 1.54) is 5.56 Å². The van der Waals surface area contributed by atoms with E-state index >= 15 is 0 Å². The number of hydrogen-bond donors (Lipinski definition) is 1. The molecule has 0 saturated carbocycles. The highest BCUT2D eigenvalue weighted by Gasteiger charge is 2.16. The minimum Gasteiger partial charge on any atom is -0.497 e. The van der Waals surface area contributed by atoms with Crippen LogP contribution in [0.3, 0.4) is 0 Å². The van der Waals surface area contributed by atoms with Crippen LogP contribution >= 0.6 is 11.8 Å². The Balaban J connectivity index is 1.56. The molecule has 130 valence electrons. The van der Waals surface area contributed by atoms with E-state index in [9.17, 15) is 0 Å². The fourth-order valence-electron chi connectivity index (χ4n) is 2.80. The number of hydrogen-bond acceptors (Lipinski definition) is 6. The second kappa shape index (κ2) is 6.40. The average molecular weight is 357 g/mol. The Kier molecular flexibility index (Phi) is 4.09. The lowest BCUT2D eigenvalue weighted by molar-refractivity contribution is 0.174. The highest BCUT2D eigenvalue weighted by atomic mass is 32.2. The van der Waals surface area contributed by atoms with Crippen molar-refractivity contribution in [2.45, 2.75) is 10.9 Å². The quantitative estimate of drug-likeness (QED) is 0.703. The largest absolute Gasteiger partial charge is 0.497 e. The van der Waals surface area contributed by atoms with Gasteiger partial charge in [-0.1, -0.05) is 17.8 Å². The fraction of sp³-hybridized carbons (Fsp3) is 0.278. The van der Waals surface area contributed by atoms with Crippen molar-refractivity contribution in [3.8, 4) is 17.2 Å². The molecule has 2 aromatic carbocycles. The number of fused-ring (bicyclic) bond motifs is 2. The highest BCUT2D eigenvalue weighted by molar-refractivity contribution is 7.98. The first-order valence-corrected chi connectivity index (χ1v) is 8.89. The van der Waals surface area contributed by atoms with E-state index in [0.29, 0.717) is 0 Å². The number of aromatic amines is 1. The Bertz CT molecular complexity index is 882. The van der Waals surface area contributed by atoms with Crippen LogP contribution in [-0.2, 0) is 5.75 Å². The van der Waals surface area contributed by atoms with Crippen LogP contribution in [-0.4, -0.2) is 38.0 Å². The molecule has 0 spiro atoms. The van der Waals surface area contributed by atoms with Crippen molar-refractivity contribution in [1.82, 2.24) is 9.97 Å². The van der Waals surface area contributed by atoms with E-state index in [2.05, 4.69) is 20.9 Å². The van der Waals surface area contributed by atoms with Gasteiger partial charge in [0.15, 0.2) is 16.7 Å². The van der Waals surface area contributed by atoms with E-state index in [1.54, 1.807) is 18.9 Å². The summed E-state index contributed by atoms with van der Waals surface area (Å²) in [6.07, 6.45) is 0. The van der Waals surface area contributed by atoms with Crippen LogP contribution in [0, 0.1) is 0 Å². The van der Waals surface area contributed by atoms with Gasteiger partial charge in [-0.05, 0) is 11.6 Å². The van der Waals surface area contributed by atoms with E-state index in [1.807, 2.05) is 38.4 Å². The van der Waals surface area contributed by atoms with Crippen molar-refractivity contribution in [1.29, 1.82) is 0 Å². The molecular formula is C18H19N3O3S. The van der Waals surface area contributed by atoms with Gasteiger partial charge in [0.05, 0.1) is 18.1 Å². The Morgan fingerprint density at radius 1 is 1.20 bits per heavy atom. The zero-order chi connectivity index (χ0) is 17.4. The molecule has 0 atom stereocenters. The summed E-state index contributed by atoms with van der Waals surface area (Å²) >= 11 is 1.67. The second-order valence-electron chi connectivity index (χ2n) is 5.94. The first-order chi connectivity index (χ1) is 12.1. The minimum absolute atomic E-state index is 0.272. The van der Waals surface area contributed by atoms with Gasteiger partial charge in [-0.2, -0.15) is 0 Å². The third kappa shape index (κ3) is 3.07. The number of nitrogens with zero attached hydrogens (tertiary/aromatic N) is 2. The van der Waals surface area contributed by atoms with E-state index in [4.69, 9.17) is 14.2 Å². The number of anilines is 1. The van der Waals surface area contributed by atoms with Crippen LogP contribution in [0.25, 0.3) is 11.0 Å². The fourth-order valence-corrected chi connectivity index (χ4v) is 3.68. The molecule has 0 bridgehead atoms. The van der Waals surface area contributed by atoms with Gasteiger partial charge < -0.3 is 24.1 Å². The molecular weight excluding hydrogens is 338 g/mol. The molecule has 2 heterocycles. The van der Waals surface area contributed by atoms with Gasteiger partial charge in [0.1, 0.15) is 5.75 Å². The summed E-state index contributed by atoms with van der Waals surface area (Å²) in [6, 6.07) is 9.98. The zero-order valence-electron chi connectivity index (χ0n) is 14.3. The van der Waals surface area contributed by atoms with Crippen LogP contribution in [0.15, 0.2) is 35.5 Å². The Morgan fingerprint density at radius 2 is 2.00 bits per heavy atom. The topological polar surface area (TPSA) is 59.6 Å². The number of ether oxygens (including phenoxy) is 3. The first-order valence-electron chi connectivity index (χ1n) is 7.90. The lowest BCUT2D eigenvalue weighted by Gasteiger charge is -2.18. The number of methoxy groups -OCH3 is 1. The summed E-state index contributed by atoms with van der Waals surface area (Å²) in [5.41, 5.74) is 4.21. The Labute approximate surface area is 150 Å². The van der Waals surface area contributed by atoms with Gasteiger partial charge in [0, 0.05) is 43.7 Å². The molecule has 0 unspecified atom stereocenters. The van der Waals surface area contributed by atoms with Crippen molar-refractivity contribution in [2.24, 2.45) is 0 Å². The van der Waals surface area contributed by atoms with E-state index < -0.39 is 0 Å². The predicted octanol–water partition coefficient (Wildman–Crippen LogP) is 3.66. The van der Waals surface area contributed by atoms with Crippen molar-refractivity contribution >= 4 is 28.5 Å². The van der Waals surface area contributed by atoms with Crippen LogP contribution < -0.4 is 19.1 Å². The molecule has 4 rings (SSSR count). The molecule has 0 radical (unpaired) electrons. The molecule has 7 heteroatoms. The van der Waals surface area contributed by atoms with Crippen LogP contribution in [0.5, 0.6) is 17.2 Å². The average Bonchev–Trinajstić information content (AvgIpc) is 3.22. The van der Waals surface area contributed by atoms with Crippen molar-refractivity contribution in [2.75, 3.05) is 32.9 Å². The SMILES string of the molecule is COc1ccc(CSc2nc3cc4c(cc3[nH]2)OCO4)c(N(C)C)c1. The molecule has 6 nitrogen and oxygen atoms in total. The number of aromatic nitrogens is 2. The molecule has 3 aromatic rings. The summed E-state index contributed by atoms with van der Waals surface area (Å²) in [5.74, 6) is 3.18. The number of benzene rings is 2. The Hall–Kier alpha value is -2.54. The molecule has 0 fully saturated rings. The summed E-state index contributed by atoms with van der Waals surface area (Å²) in [7, 11) is 5.75. The zero-order valence-corrected chi connectivity index (χ0v) is 15.1. The summed E-state index contributed by atoms with van der Waals surface area (Å²) < 4.78 is 16.1. The van der Waals surface area contributed by atoms with Gasteiger partial charge in [0.25, 0.3) is 0 Å².